The lowest BCUT2D eigenvalue weighted by atomic mass is 10.1. The molecule has 0 amide bonds. The highest BCUT2D eigenvalue weighted by Crippen LogP contribution is 2.38. The molecule has 19 heavy (non-hydrogen) atoms. The normalized spacial score (nSPS) is 19.6. The molecule has 1 aromatic heterocycles. The molecule has 2 atom stereocenters. The van der Waals surface area contributed by atoms with Gasteiger partial charge >= 0.3 is 0 Å². The molecule has 100 valence electrons. The number of thioether (sulfide) groups is 1. The maximum absolute atomic E-state index is 10.5. The molecule has 1 aliphatic heterocycles. The summed E-state index contributed by atoms with van der Waals surface area (Å²) < 4.78 is 7.71. The zero-order valence-corrected chi connectivity index (χ0v) is 11.5. The summed E-state index contributed by atoms with van der Waals surface area (Å²) in [6.07, 6.45) is 0.830. The van der Waals surface area contributed by atoms with Crippen molar-refractivity contribution in [1.82, 2.24) is 9.78 Å². The Hall–Kier alpha value is -1.46. The Kier molecular flexibility index (Phi) is 3.48. The molecule has 2 aromatic rings. The van der Waals surface area contributed by atoms with Gasteiger partial charge in [-0.15, -0.1) is 11.8 Å². The lowest BCUT2D eigenvalue weighted by Gasteiger charge is -2.29. The number of benzene rings is 1. The summed E-state index contributed by atoms with van der Waals surface area (Å²) in [5, 5.41) is 14.7. The zero-order valence-electron chi connectivity index (χ0n) is 10.7. The summed E-state index contributed by atoms with van der Waals surface area (Å²) in [5.74, 6) is 1.60. The van der Waals surface area contributed by atoms with E-state index in [0.29, 0.717) is 0 Å². The molecule has 0 radical (unpaired) electrons. The molecule has 0 spiro atoms. The van der Waals surface area contributed by atoms with Crippen molar-refractivity contribution in [2.75, 3.05) is 5.75 Å². The fourth-order valence-electron chi connectivity index (χ4n) is 2.24. The fourth-order valence-corrected chi connectivity index (χ4v) is 3.27. The van der Waals surface area contributed by atoms with Crippen molar-refractivity contribution >= 4 is 11.8 Å². The van der Waals surface area contributed by atoms with E-state index in [4.69, 9.17) is 4.74 Å². The van der Waals surface area contributed by atoms with Crippen molar-refractivity contribution in [3.63, 3.8) is 0 Å². The number of para-hydroxylation sites is 1. The summed E-state index contributed by atoms with van der Waals surface area (Å²) in [6, 6.07) is 9.78. The van der Waals surface area contributed by atoms with Gasteiger partial charge in [-0.2, -0.15) is 5.10 Å². The van der Waals surface area contributed by atoms with E-state index in [2.05, 4.69) is 5.10 Å². The molecular formula is C14H16N2O2S. The van der Waals surface area contributed by atoms with Crippen LogP contribution < -0.4 is 4.74 Å². The van der Waals surface area contributed by atoms with Gasteiger partial charge < -0.3 is 9.84 Å². The Balaban J connectivity index is 1.81. The standard InChI is InChI=1S/C14H16N2O2S/c1-2-16-10(7-8-15-16)14(17)12-9-19-13-6-4-3-5-11(13)18-12/h3-8,12,14,17H,2,9H2,1H3. The molecule has 2 heterocycles. The first-order chi connectivity index (χ1) is 9.29. The minimum atomic E-state index is -0.650. The Morgan fingerprint density at radius 1 is 1.47 bits per heavy atom. The number of hydrogen-bond donors (Lipinski definition) is 1. The monoisotopic (exact) mass is 276 g/mol. The Morgan fingerprint density at radius 2 is 2.32 bits per heavy atom. The van der Waals surface area contributed by atoms with Gasteiger partial charge in [0, 0.05) is 23.4 Å². The topological polar surface area (TPSA) is 47.3 Å². The molecule has 3 rings (SSSR count). The van der Waals surface area contributed by atoms with Gasteiger partial charge in [0.2, 0.25) is 0 Å². The van der Waals surface area contributed by atoms with E-state index in [0.717, 1.165) is 28.6 Å². The van der Waals surface area contributed by atoms with Gasteiger partial charge in [0.05, 0.1) is 5.69 Å². The van der Waals surface area contributed by atoms with Crippen molar-refractivity contribution in [3.8, 4) is 5.75 Å². The molecule has 0 bridgehead atoms. The Morgan fingerprint density at radius 3 is 3.16 bits per heavy atom. The van der Waals surface area contributed by atoms with E-state index in [1.807, 2.05) is 37.3 Å². The molecule has 0 saturated heterocycles. The molecule has 1 aliphatic rings. The van der Waals surface area contributed by atoms with Crippen molar-refractivity contribution in [1.29, 1.82) is 0 Å². The van der Waals surface area contributed by atoms with Gasteiger partial charge in [0.15, 0.2) is 0 Å². The Bertz CT molecular complexity index is 570. The first-order valence-electron chi connectivity index (χ1n) is 6.38. The Labute approximate surface area is 116 Å². The van der Waals surface area contributed by atoms with Crippen LogP contribution in [0, 0.1) is 0 Å². The zero-order chi connectivity index (χ0) is 13.2. The molecule has 1 aromatic carbocycles. The van der Waals surface area contributed by atoms with E-state index in [-0.39, 0.29) is 6.10 Å². The summed E-state index contributed by atoms with van der Waals surface area (Å²) in [4.78, 5) is 1.13. The van der Waals surface area contributed by atoms with E-state index in [1.165, 1.54) is 0 Å². The average Bonchev–Trinajstić information content (AvgIpc) is 2.94. The van der Waals surface area contributed by atoms with Gasteiger partial charge in [0.1, 0.15) is 18.0 Å². The van der Waals surface area contributed by atoms with Gasteiger partial charge in [-0.05, 0) is 25.1 Å². The number of aryl methyl sites for hydroxylation is 1. The number of hydrogen-bond acceptors (Lipinski definition) is 4. The van der Waals surface area contributed by atoms with Crippen molar-refractivity contribution in [3.05, 3.63) is 42.2 Å². The predicted octanol–water partition coefficient (Wildman–Crippen LogP) is 2.49. The summed E-state index contributed by atoms with van der Waals surface area (Å²) >= 11 is 1.72. The van der Waals surface area contributed by atoms with Gasteiger partial charge in [-0.25, -0.2) is 0 Å². The van der Waals surface area contributed by atoms with Crippen molar-refractivity contribution in [2.45, 2.75) is 30.6 Å². The number of nitrogens with zero attached hydrogens (tertiary/aromatic N) is 2. The molecule has 5 heteroatoms. The highest BCUT2D eigenvalue weighted by Gasteiger charge is 2.29. The predicted molar refractivity (Wildman–Crippen MR) is 74.4 cm³/mol. The smallest absolute Gasteiger partial charge is 0.140 e. The van der Waals surface area contributed by atoms with E-state index in [9.17, 15) is 5.11 Å². The molecule has 1 N–H and O–H groups in total. The van der Waals surface area contributed by atoms with Crippen LogP contribution >= 0.6 is 11.8 Å². The quantitative estimate of drug-likeness (QED) is 0.935. The van der Waals surface area contributed by atoms with Gasteiger partial charge in [-0.3, -0.25) is 4.68 Å². The second kappa shape index (κ2) is 5.27. The fraction of sp³-hybridized carbons (Fsp3) is 0.357. The highest BCUT2D eigenvalue weighted by atomic mass is 32.2. The maximum atomic E-state index is 10.5. The molecule has 2 unspecified atom stereocenters. The molecule has 0 aliphatic carbocycles. The van der Waals surface area contributed by atoms with Gasteiger partial charge in [-0.1, -0.05) is 12.1 Å². The van der Waals surface area contributed by atoms with Crippen molar-refractivity contribution < 1.29 is 9.84 Å². The second-order valence-electron chi connectivity index (χ2n) is 4.43. The lowest BCUT2D eigenvalue weighted by molar-refractivity contribution is 0.0398. The number of ether oxygens (including phenoxy) is 1. The summed E-state index contributed by atoms with van der Waals surface area (Å²) in [6.45, 7) is 2.75. The minimum Gasteiger partial charge on any atom is -0.485 e. The van der Waals surface area contributed by atoms with Crippen LogP contribution in [0.25, 0.3) is 0 Å². The van der Waals surface area contributed by atoms with Crippen LogP contribution in [0.5, 0.6) is 5.75 Å². The molecule has 0 fully saturated rings. The van der Waals surface area contributed by atoms with E-state index in [1.54, 1.807) is 22.6 Å². The molecule has 4 nitrogen and oxygen atoms in total. The lowest BCUT2D eigenvalue weighted by Crippen LogP contribution is -2.31. The maximum Gasteiger partial charge on any atom is 0.140 e. The van der Waals surface area contributed by atoms with Crippen LogP contribution in [-0.2, 0) is 6.54 Å². The van der Waals surface area contributed by atoms with Crippen molar-refractivity contribution in [2.24, 2.45) is 0 Å². The number of aliphatic hydroxyl groups is 1. The minimum absolute atomic E-state index is 0.234. The highest BCUT2D eigenvalue weighted by molar-refractivity contribution is 7.99. The average molecular weight is 276 g/mol. The van der Waals surface area contributed by atoms with Crippen LogP contribution in [0.2, 0.25) is 0 Å². The summed E-state index contributed by atoms with van der Waals surface area (Å²) in [7, 11) is 0. The summed E-state index contributed by atoms with van der Waals surface area (Å²) in [5.41, 5.74) is 0.812. The van der Waals surface area contributed by atoms with Crippen LogP contribution in [-0.4, -0.2) is 26.7 Å². The number of rotatable bonds is 3. The third-order valence-electron chi connectivity index (χ3n) is 3.23. The van der Waals surface area contributed by atoms with E-state index < -0.39 is 6.10 Å². The third-order valence-corrected chi connectivity index (χ3v) is 4.38. The van der Waals surface area contributed by atoms with E-state index >= 15 is 0 Å². The number of aliphatic hydroxyl groups excluding tert-OH is 1. The van der Waals surface area contributed by atoms with Crippen LogP contribution in [0.4, 0.5) is 0 Å². The van der Waals surface area contributed by atoms with Crippen LogP contribution in [0.15, 0.2) is 41.4 Å². The van der Waals surface area contributed by atoms with Gasteiger partial charge in [0.25, 0.3) is 0 Å². The second-order valence-corrected chi connectivity index (χ2v) is 5.49. The van der Waals surface area contributed by atoms with Crippen LogP contribution in [0.3, 0.4) is 0 Å². The largest absolute Gasteiger partial charge is 0.485 e. The molecule has 0 saturated carbocycles. The first kappa shape index (κ1) is 12.6. The SMILES string of the molecule is CCn1nccc1C(O)C1CSc2ccccc2O1. The van der Waals surface area contributed by atoms with Crippen LogP contribution in [0.1, 0.15) is 18.7 Å². The number of aromatic nitrogens is 2. The third kappa shape index (κ3) is 2.35. The number of fused-ring (bicyclic) bond motifs is 1. The first-order valence-corrected chi connectivity index (χ1v) is 7.36. The molecular weight excluding hydrogens is 260 g/mol.